The van der Waals surface area contributed by atoms with Gasteiger partial charge in [-0.3, -0.25) is 4.68 Å². The fourth-order valence-corrected chi connectivity index (χ4v) is 3.25. The number of hydrogen-bond donors (Lipinski definition) is 1. The lowest BCUT2D eigenvalue weighted by atomic mass is 9.95. The van der Waals surface area contributed by atoms with Crippen LogP contribution in [0, 0.1) is 11.8 Å². The fourth-order valence-electron chi connectivity index (χ4n) is 3.25. The van der Waals surface area contributed by atoms with Crippen LogP contribution in [0.4, 0.5) is 5.69 Å². The quantitative estimate of drug-likeness (QED) is 0.821. The first-order chi connectivity index (χ1) is 7.35. The van der Waals surface area contributed by atoms with Gasteiger partial charge in [-0.25, -0.2) is 0 Å². The maximum absolute atomic E-state index is 4.29. The van der Waals surface area contributed by atoms with Crippen molar-refractivity contribution in [2.75, 3.05) is 5.32 Å². The van der Waals surface area contributed by atoms with Crippen LogP contribution < -0.4 is 5.32 Å². The van der Waals surface area contributed by atoms with E-state index in [2.05, 4.69) is 23.5 Å². The molecule has 3 heteroatoms. The predicted octanol–water partition coefficient (Wildman–Crippen LogP) is 2.50. The predicted molar refractivity (Wildman–Crippen MR) is 60.8 cm³/mol. The van der Waals surface area contributed by atoms with Gasteiger partial charge in [-0.05, 0) is 38.0 Å². The van der Waals surface area contributed by atoms with Gasteiger partial charge in [-0.1, -0.05) is 6.42 Å². The van der Waals surface area contributed by atoms with Crippen molar-refractivity contribution in [1.29, 1.82) is 0 Å². The summed E-state index contributed by atoms with van der Waals surface area (Å²) in [5.74, 6) is 1.94. The standard InChI is InChI=1S/C12H19N3/c1-2-15-8-11(7-13-15)14-12-6-9-3-4-10(12)5-9/h7-10,12,14H,2-6H2,1H3/t9-,10-,12+/m1/s1. The molecule has 2 saturated carbocycles. The molecule has 0 amide bonds. The summed E-state index contributed by atoms with van der Waals surface area (Å²) < 4.78 is 1.98. The summed E-state index contributed by atoms with van der Waals surface area (Å²) in [5, 5.41) is 7.94. The maximum atomic E-state index is 4.29. The van der Waals surface area contributed by atoms with Gasteiger partial charge in [0.25, 0.3) is 0 Å². The van der Waals surface area contributed by atoms with Crippen LogP contribution in [-0.4, -0.2) is 15.8 Å². The summed E-state index contributed by atoms with van der Waals surface area (Å²) in [5.41, 5.74) is 1.20. The van der Waals surface area contributed by atoms with Crippen molar-refractivity contribution < 1.29 is 0 Å². The molecular formula is C12H19N3. The lowest BCUT2D eigenvalue weighted by Gasteiger charge is -2.22. The highest BCUT2D eigenvalue weighted by Crippen LogP contribution is 2.45. The Labute approximate surface area is 90.9 Å². The molecule has 2 aliphatic rings. The zero-order valence-corrected chi connectivity index (χ0v) is 9.32. The Morgan fingerprint density at radius 3 is 3.00 bits per heavy atom. The van der Waals surface area contributed by atoms with Crippen molar-refractivity contribution in [2.45, 2.75) is 45.2 Å². The number of aromatic nitrogens is 2. The van der Waals surface area contributed by atoms with Crippen LogP contribution in [0.25, 0.3) is 0 Å². The summed E-state index contributed by atoms with van der Waals surface area (Å²) >= 11 is 0. The van der Waals surface area contributed by atoms with Crippen LogP contribution in [0.5, 0.6) is 0 Å². The zero-order chi connectivity index (χ0) is 10.3. The molecule has 2 bridgehead atoms. The Bertz CT molecular complexity index is 344. The molecule has 2 fully saturated rings. The largest absolute Gasteiger partial charge is 0.379 e. The van der Waals surface area contributed by atoms with Crippen LogP contribution in [0.2, 0.25) is 0 Å². The first-order valence-corrected chi connectivity index (χ1v) is 6.14. The van der Waals surface area contributed by atoms with E-state index < -0.39 is 0 Å². The third-order valence-electron chi connectivity index (χ3n) is 4.05. The number of anilines is 1. The summed E-state index contributed by atoms with van der Waals surface area (Å²) in [4.78, 5) is 0. The number of aryl methyl sites for hydroxylation is 1. The zero-order valence-electron chi connectivity index (χ0n) is 9.32. The lowest BCUT2D eigenvalue weighted by molar-refractivity contribution is 0.440. The molecule has 1 heterocycles. The fraction of sp³-hybridized carbons (Fsp3) is 0.750. The first-order valence-electron chi connectivity index (χ1n) is 6.14. The van der Waals surface area contributed by atoms with Gasteiger partial charge >= 0.3 is 0 Å². The minimum Gasteiger partial charge on any atom is -0.379 e. The highest BCUT2D eigenvalue weighted by Gasteiger charge is 2.39. The lowest BCUT2D eigenvalue weighted by Crippen LogP contribution is -2.25. The molecule has 2 aliphatic carbocycles. The van der Waals surface area contributed by atoms with E-state index in [9.17, 15) is 0 Å². The second-order valence-corrected chi connectivity index (χ2v) is 5.01. The molecule has 0 spiro atoms. The van der Waals surface area contributed by atoms with E-state index in [1.807, 2.05) is 10.9 Å². The summed E-state index contributed by atoms with van der Waals surface area (Å²) in [6.07, 6.45) is 9.81. The third kappa shape index (κ3) is 1.64. The summed E-state index contributed by atoms with van der Waals surface area (Å²) in [6, 6.07) is 0.721. The number of rotatable bonds is 3. The van der Waals surface area contributed by atoms with Gasteiger partial charge in [0.2, 0.25) is 0 Å². The van der Waals surface area contributed by atoms with E-state index in [4.69, 9.17) is 0 Å². The summed E-state index contributed by atoms with van der Waals surface area (Å²) in [7, 11) is 0. The average Bonchev–Trinajstić information content (AvgIpc) is 2.92. The van der Waals surface area contributed by atoms with Gasteiger partial charge in [0.1, 0.15) is 0 Å². The highest BCUT2D eigenvalue weighted by atomic mass is 15.3. The van der Waals surface area contributed by atoms with E-state index >= 15 is 0 Å². The van der Waals surface area contributed by atoms with Crippen molar-refractivity contribution in [2.24, 2.45) is 11.8 Å². The van der Waals surface area contributed by atoms with Gasteiger partial charge in [0, 0.05) is 18.8 Å². The van der Waals surface area contributed by atoms with E-state index in [0.29, 0.717) is 0 Å². The van der Waals surface area contributed by atoms with Crippen molar-refractivity contribution in [1.82, 2.24) is 9.78 Å². The third-order valence-corrected chi connectivity index (χ3v) is 4.05. The second kappa shape index (κ2) is 3.54. The molecule has 3 nitrogen and oxygen atoms in total. The number of nitrogens with one attached hydrogen (secondary N) is 1. The van der Waals surface area contributed by atoms with E-state index in [0.717, 1.165) is 24.4 Å². The molecule has 1 N–H and O–H groups in total. The minimum atomic E-state index is 0.721. The summed E-state index contributed by atoms with van der Waals surface area (Å²) in [6.45, 7) is 3.08. The Balaban J connectivity index is 1.65. The second-order valence-electron chi connectivity index (χ2n) is 5.01. The molecule has 1 aromatic rings. The normalized spacial score (nSPS) is 33.5. The van der Waals surface area contributed by atoms with E-state index in [1.54, 1.807) is 0 Å². The molecule has 82 valence electrons. The topological polar surface area (TPSA) is 29.9 Å². The van der Waals surface area contributed by atoms with Crippen LogP contribution in [0.1, 0.15) is 32.6 Å². The molecule has 0 radical (unpaired) electrons. The van der Waals surface area contributed by atoms with Gasteiger partial charge in [0.15, 0.2) is 0 Å². The Hall–Kier alpha value is -0.990. The Morgan fingerprint density at radius 1 is 1.47 bits per heavy atom. The molecule has 3 atom stereocenters. The van der Waals surface area contributed by atoms with Crippen LogP contribution >= 0.6 is 0 Å². The average molecular weight is 205 g/mol. The highest BCUT2D eigenvalue weighted by molar-refractivity contribution is 5.40. The Kier molecular flexibility index (Phi) is 2.19. The SMILES string of the molecule is CCn1cc(N[C@H]2C[C@@H]3CC[C@@H]2C3)cn1. The molecule has 0 saturated heterocycles. The van der Waals surface area contributed by atoms with Crippen LogP contribution in [-0.2, 0) is 6.54 Å². The van der Waals surface area contributed by atoms with E-state index in [1.165, 1.54) is 31.4 Å². The van der Waals surface area contributed by atoms with Crippen molar-refractivity contribution in [3.05, 3.63) is 12.4 Å². The Morgan fingerprint density at radius 2 is 2.40 bits per heavy atom. The molecule has 3 rings (SSSR count). The van der Waals surface area contributed by atoms with Crippen molar-refractivity contribution in [3.63, 3.8) is 0 Å². The van der Waals surface area contributed by atoms with Crippen molar-refractivity contribution in [3.8, 4) is 0 Å². The van der Waals surface area contributed by atoms with Gasteiger partial charge < -0.3 is 5.32 Å². The van der Waals surface area contributed by atoms with Crippen LogP contribution in [0.3, 0.4) is 0 Å². The van der Waals surface area contributed by atoms with E-state index in [-0.39, 0.29) is 0 Å². The number of hydrogen-bond acceptors (Lipinski definition) is 2. The van der Waals surface area contributed by atoms with Gasteiger partial charge in [0.05, 0.1) is 11.9 Å². The maximum Gasteiger partial charge on any atom is 0.0728 e. The molecule has 0 aromatic carbocycles. The molecule has 15 heavy (non-hydrogen) atoms. The molecule has 0 unspecified atom stereocenters. The number of fused-ring (bicyclic) bond motifs is 2. The monoisotopic (exact) mass is 205 g/mol. The van der Waals surface area contributed by atoms with Crippen molar-refractivity contribution >= 4 is 5.69 Å². The van der Waals surface area contributed by atoms with Crippen LogP contribution in [0.15, 0.2) is 12.4 Å². The molecule has 1 aromatic heterocycles. The van der Waals surface area contributed by atoms with Gasteiger partial charge in [-0.15, -0.1) is 0 Å². The molecule has 0 aliphatic heterocycles. The number of nitrogens with zero attached hydrogens (tertiary/aromatic N) is 2. The smallest absolute Gasteiger partial charge is 0.0728 e. The minimum absolute atomic E-state index is 0.721. The molecular weight excluding hydrogens is 186 g/mol. The van der Waals surface area contributed by atoms with Gasteiger partial charge in [-0.2, -0.15) is 5.10 Å². The first kappa shape index (κ1) is 9.25.